The van der Waals surface area contributed by atoms with Crippen LogP contribution in [0.3, 0.4) is 0 Å². The summed E-state index contributed by atoms with van der Waals surface area (Å²) >= 11 is 0. The molecule has 2 aliphatic rings. The maximum Gasteiger partial charge on any atom is 0.186 e. The van der Waals surface area contributed by atoms with Gasteiger partial charge in [0.2, 0.25) is 0 Å². The van der Waals surface area contributed by atoms with Crippen LogP contribution in [0.15, 0.2) is 0 Å². The van der Waals surface area contributed by atoms with Crippen LogP contribution in [-0.2, 0) is 9.47 Å². The molecule has 2 rings (SSSR count). The summed E-state index contributed by atoms with van der Waals surface area (Å²) in [6.07, 6.45) is -2.12. The lowest BCUT2D eigenvalue weighted by Crippen LogP contribution is -2.51. The van der Waals surface area contributed by atoms with Gasteiger partial charge >= 0.3 is 0 Å². The first-order chi connectivity index (χ1) is 6.14. The smallest absolute Gasteiger partial charge is 0.186 e. The van der Waals surface area contributed by atoms with Gasteiger partial charge in [-0.05, 0) is 6.42 Å². The molecule has 1 aliphatic carbocycles. The van der Waals surface area contributed by atoms with E-state index in [1.165, 1.54) is 7.11 Å². The summed E-state index contributed by atoms with van der Waals surface area (Å²) in [5.41, 5.74) is -0.667. The zero-order valence-electron chi connectivity index (χ0n) is 7.38. The Morgan fingerprint density at radius 3 is 2.69 bits per heavy atom. The van der Waals surface area contributed by atoms with Gasteiger partial charge in [-0.1, -0.05) is 0 Å². The average Bonchev–Trinajstić information content (AvgIpc) is 2.87. The fourth-order valence-electron chi connectivity index (χ4n) is 1.99. The normalized spacial score (nSPS) is 54.5. The number of aliphatic hydroxyl groups is 3. The molecule has 76 valence electrons. The van der Waals surface area contributed by atoms with Gasteiger partial charge in [0, 0.05) is 13.0 Å². The molecule has 0 radical (unpaired) electrons. The first-order valence-electron chi connectivity index (χ1n) is 4.32. The van der Waals surface area contributed by atoms with Crippen molar-refractivity contribution in [2.75, 3.05) is 13.7 Å². The zero-order valence-corrected chi connectivity index (χ0v) is 7.38. The van der Waals surface area contributed by atoms with Gasteiger partial charge < -0.3 is 24.8 Å². The minimum atomic E-state index is -1.02. The molecule has 0 aromatic heterocycles. The van der Waals surface area contributed by atoms with Crippen molar-refractivity contribution in [2.45, 2.75) is 30.5 Å². The molecule has 0 aromatic rings. The SMILES string of the molecule is COC1OC2(CO)CC2C(O)C1O. The van der Waals surface area contributed by atoms with Crippen molar-refractivity contribution in [3.05, 3.63) is 0 Å². The van der Waals surface area contributed by atoms with E-state index >= 15 is 0 Å². The van der Waals surface area contributed by atoms with Crippen LogP contribution >= 0.6 is 0 Å². The van der Waals surface area contributed by atoms with Crippen LogP contribution in [0.2, 0.25) is 0 Å². The summed E-state index contributed by atoms with van der Waals surface area (Å²) in [5, 5.41) is 28.1. The molecule has 1 saturated carbocycles. The van der Waals surface area contributed by atoms with Crippen LogP contribution in [0.1, 0.15) is 6.42 Å². The standard InChI is InChI=1S/C8H14O5/c1-12-7-6(11)5(10)4-2-8(4,3-9)13-7/h4-7,9-11H,2-3H2,1H3. The van der Waals surface area contributed by atoms with Crippen molar-refractivity contribution in [3.8, 4) is 0 Å². The van der Waals surface area contributed by atoms with Crippen LogP contribution in [0.4, 0.5) is 0 Å². The van der Waals surface area contributed by atoms with Crippen molar-refractivity contribution in [1.29, 1.82) is 0 Å². The number of methoxy groups -OCH3 is 1. The maximum absolute atomic E-state index is 9.56. The number of hydrogen-bond donors (Lipinski definition) is 3. The molecular weight excluding hydrogens is 176 g/mol. The number of rotatable bonds is 2. The fourth-order valence-corrected chi connectivity index (χ4v) is 1.99. The van der Waals surface area contributed by atoms with E-state index in [1.54, 1.807) is 0 Å². The number of aliphatic hydroxyl groups excluding tert-OH is 3. The van der Waals surface area contributed by atoms with Crippen LogP contribution < -0.4 is 0 Å². The summed E-state index contributed by atoms with van der Waals surface area (Å²) in [4.78, 5) is 0. The highest BCUT2D eigenvalue weighted by Crippen LogP contribution is 2.53. The Balaban J connectivity index is 2.11. The predicted molar refractivity (Wildman–Crippen MR) is 41.8 cm³/mol. The second-order valence-electron chi connectivity index (χ2n) is 3.74. The largest absolute Gasteiger partial charge is 0.393 e. The lowest BCUT2D eigenvalue weighted by molar-refractivity contribution is -0.268. The van der Waals surface area contributed by atoms with E-state index in [4.69, 9.17) is 14.6 Å². The summed E-state index contributed by atoms with van der Waals surface area (Å²) in [6.45, 7) is -0.138. The summed E-state index contributed by atoms with van der Waals surface area (Å²) in [7, 11) is 1.40. The highest BCUT2D eigenvalue weighted by molar-refractivity contribution is 5.13. The minimum absolute atomic E-state index is 0.138. The topological polar surface area (TPSA) is 79.2 Å². The predicted octanol–water partition coefficient (Wildman–Crippen LogP) is -1.54. The second-order valence-corrected chi connectivity index (χ2v) is 3.74. The molecule has 1 saturated heterocycles. The van der Waals surface area contributed by atoms with Gasteiger partial charge in [0.25, 0.3) is 0 Å². The molecule has 1 heterocycles. The fraction of sp³-hybridized carbons (Fsp3) is 1.00. The van der Waals surface area contributed by atoms with E-state index < -0.39 is 24.1 Å². The van der Waals surface area contributed by atoms with E-state index in [2.05, 4.69) is 0 Å². The molecule has 5 atom stereocenters. The third kappa shape index (κ3) is 1.19. The quantitative estimate of drug-likeness (QED) is 0.492. The average molecular weight is 190 g/mol. The zero-order chi connectivity index (χ0) is 9.64. The summed E-state index contributed by atoms with van der Waals surface area (Å²) in [5.74, 6) is -0.154. The van der Waals surface area contributed by atoms with Gasteiger partial charge in [0.05, 0.1) is 12.7 Å². The van der Waals surface area contributed by atoms with Crippen molar-refractivity contribution in [3.63, 3.8) is 0 Å². The van der Waals surface area contributed by atoms with Crippen LogP contribution in [0, 0.1) is 5.92 Å². The Morgan fingerprint density at radius 2 is 2.15 bits per heavy atom. The van der Waals surface area contributed by atoms with E-state index in [1.807, 2.05) is 0 Å². The van der Waals surface area contributed by atoms with E-state index in [0.717, 1.165) is 0 Å². The molecule has 0 amide bonds. The molecule has 2 fully saturated rings. The van der Waals surface area contributed by atoms with Crippen LogP contribution in [0.5, 0.6) is 0 Å². The van der Waals surface area contributed by atoms with Gasteiger partial charge in [0.1, 0.15) is 11.7 Å². The molecule has 3 N–H and O–H groups in total. The first kappa shape index (κ1) is 9.36. The van der Waals surface area contributed by atoms with Crippen molar-refractivity contribution < 1.29 is 24.8 Å². The van der Waals surface area contributed by atoms with Crippen LogP contribution in [-0.4, -0.2) is 53.1 Å². The first-order valence-corrected chi connectivity index (χ1v) is 4.32. The highest BCUT2D eigenvalue weighted by atomic mass is 16.7. The lowest BCUT2D eigenvalue weighted by atomic mass is 10.0. The molecule has 0 aromatic carbocycles. The lowest BCUT2D eigenvalue weighted by Gasteiger charge is -2.35. The monoisotopic (exact) mass is 190 g/mol. The highest BCUT2D eigenvalue weighted by Gasteiger charge is 2.65. The van der Waals surface area contributed by atoms with Gasteiger partial charge in [-0.25, -0.2) is 0 Å². The van der Waals surface area contributed by atoms with Crippen molar-refractivity contribution in [1.82, 2.24) is 0 Å². The van der Waals surface area contributed by atoms with E-state index in [9.17, 15) is 10.2 Å². The maximum atomic E-state index is 9.56. The van der Waals surface area contributed by atoms with Gasteiger partial charge in [0.15, 0.2) is 6.29 Å². The van der Waals surface area contributed by atoms with Crippen LogP contribution in [0.25, 0.3) is 0 Å². The molecule has 5 unspecified atom stereocenters. The molecule has 1 aliphatic heterocycles. The Kier molecular flexibility index (Phi) is 2.08. The van der Waals surface area contributed by atoms with E-state index in [0.29, 0.717) is 6.42 Å². The number of ether oxygens (including phenoxy) is 2. The summed E-state index contributed by atoms with van der Waals surface area (Å²) < 4.78 is 10.2. The Bertz CT molecular complexity index is 207. The molecule has 0 bridgehead atoms. The Hall–Kier alpha value is -0.200. The number of hydrogen-bond acceptors (Lipinski definition) is 5. The Labute approximate surface area is 75.9 Å². The van der Waals surface area contributed by atoms with Crippen molar-refractivity contribution >= 4 is 0 Å². The molecule has 13 heavy (non-hydrogen) atoms. The molecule has 0 spiro atoms. The minimum Gasteiger partial charge on any atom is -0.393 e. The van der Waals surface area contributed by atoms with Gasteiger partial charge in [-0.2, -0.15) is 0 Å². The third-order valence-corrected chi connectivity index (χ3v) is 2.97. The van der Waals surface area contributed by atoms with Crippen molar-refractivity contribution in [2.24, 2.45) is 5.92 Å². The van der Waals surface area contributed by atoms with E-state index in [-0.39, 0.29) is 12.5 Å². The molecule has 5 nitrogen and oxygen atoms in total. The molecule has 5 heteroatoms. The molecular formula is C8H14O5. The number of fused-ring (bicyclic) bond motifs is 1. The third-order valence-electron chi connectivity index (χ3n) is 2.97. The summed E-state index contributed by atoms with van der Waals surface area (Å²) in [6, 6.07) is 0. The second kappa shape index (κ2) is 2.90. The van der Waals surface area contributed by atoms with Gasteiger partial charge in [-0.3, -0.25) is 0 Å². The van der Waals surface area contributed by atoms with Gasteiger partial charge in [-0.15, -0.1) is 0 Å². The Morgan fingerprint density at radius 1 is 1.46 bits per heavy atom.